The third-order valence-electron chi connectivity index (χ3n) is 2.53. The number of rotatable bonds is 9. The molecule has 3 heteroatoms. The van der Waals surface area contributed by atoms with Crippen molar-refractivity contribution in [2.24, 2.45) is 0 Å². The van der Waals surface area contributed by atoms with Crippen LogP contribution in [0.3, 0.4) is 0 Å². The van der Waals surface area contributed by atoms with Crippen molar-refractivity contribution in [1.82, 2.24) is 0 Å². The van der Waals surface area contributed by atoms with E-state index in [1.165, 1.54) is 44.9 Å². The van der Waals surface area contributed by atoms with Crippen LogP contribution in [0.4, 0.5) is 0 Å². The van der Waals surface area contributed by atoms with Gasteiger partial charge in [-0.3, -0.25) is 0 Å². The van der Waals surface area contributed by atoms with Gasteiger partial charge in [-0.25, -0.2) is 0 Å². The lowest BCUT2D eigenvalue weighted by atomic mass is 10.0. The molecule has 1 atom stereocenters. The van der Waals surface area contributed by atoms with Gasteiger partial charge in [-0.2, -0.15) is 0 Å². The van der Waals surface area contributed by atoms with Gasteiger partial charge in [0.2, 0.25) is 0 Å². The van der Waals surface area contributed by atoms with Crippen molar-refractivity contribution in [2.75, 3.05) is 0 Å². The summed E-state index contributed by atoms with van der Waals surface area (Å²) in [5.74, 6) is 0. The molecular weight excluding hydrogens is 231 g/mol. The first kappa shape index (κ1) is 20.9. The predicted molar refractivity (Wildman–Crippen MR) is 73.4 cm³/mol. The molecule has 15 heavy (non-hydrogen) atoms. The van der Waals surface area contributed by atoms with Crippen LogP contribution >= 0.6 is 24.8 Å². The lowest BCUT2D eigenvalue weighted by Gasteiger charge is -2.08. The maximum absolute atomic E-state index is 9.54. The Hall–Kier alpha value is 0.540. The Morgan fingerprint density at radius 1 is 0.733 bits per heavy atom. The van der Waals surface area contributed by atoms with Crippen LogP contribution in [-0.2, 0) is 0 Å². The highest BCUT2D eigenvalue weighted by Crippen LogP contribution is 2.10. The molecule has 0 aliphatic carbocycles. The Morgan fingerprint density at radius 3 is 1.73 bits per heavy atom. The monoisotopic (exact) mass is 258 g/mol. The van der Waals surface area contributed by atoms with Crippen molar-refractivity contribution in [3.05, 3.63) is 0 Å². The molecule has 0 aromatic rings. The Kier molecular flexibility index (Phi) is 23.6. The van der Waals surface area contributed by atoms with Crippen molar-refractivity contribution in [3.8, 4) is 0 Å². The minimum Gasteiger partial charge on any atom is -0.393 e. The molecule has 1 nitrogen and oxygen atoms in total. The maximum Gasteiger partial charge on any atom is 0.0540 e. The van der Waals surface area contributed by atoms with E-state index in [9.17, 15) is 5.11 Å². The summed E-state index contributed by atoms with van der Waals surface area (Å²) < 4.78 is 0. The molecule has 0 aromatic heterocycles. The topological polar surface area (TPSA) is 20.2 Å². The summed E-state index contributed by atoms with van der Waals surface area (Å²) in [6.45, 7) is 4.41. The van der Waals surface area contributed by atoms with E-state index in [1.54, 1.807) is 0 Å². The molecule has 0 saturated heterocycles. The highest BCUT2D eigenvalue weighted by molar-refractivity contribution is 5.85. The van der Waals surface area contributed by atoms with Crippen molar-refractivity contribution in [1.29, 1.82) is 0 Å². The number of aliphatic hydroxyl groups is 1. The number of halogens is 2. The summed E-state index contributed by atoms with van der Waals surface area (Å²) in [6.07, 6.45) is 10.9. The zero-order valence-electron chi connectivity index (χ0n) is 10.2. The van der Waals surface area contributed by atoms with E-state index in [-0.39, 0.29) is 30.9 Å². The molecule has 0 aromatic carbocycles. The molecule has 0 amide bonds. The standard InChI is InChI=1S/C12H26O.2ClH/c1-3-5-7-8-9-11-12(13)10-6-4-2;;/h12-13H,3-11H2,1-2H3;2*1H. The van der Waals surface area contributed by atoms with Crippen LogP contribution in [-0.4, -0.2) is 11.2 Å². The molecule has 0 heterocycles. The van der Waals surface area contributed by atoms with Crippen molar-refractivity contribution in [3.63, 3.8) is 0 Å². The van der Waals surface area contributed by atoms with E-state index < -0.39 is 0 Å². The normalized spacial score (nSPS) is 11.4. The van der Waals surface area contributed by atoms with Crippen LogP contribution < -0.4 is 0 Å². The fourth-order valence-electron chi connectivity index (χ4n) is 1.57. The van der Waals surface area contributed by atoms with E-state index in [2.05, 4.69) is 13.8 Å². The molecule has 1 unspecified atom stereocenters. The van der Waals surface area contributed by atoms with Crippen LogP contribution in [0.2, 0.25) is 0 Å². The number of unbranched alkanes of at least 4 members (excludes halogenated alkanes) is 5. The summed E-state index contributed by atoms with van der Waals surface area (Å²) >= 11 is 0. The Labute approximate surface area is 108 Å². The quantitative estimate of drug-likeness (QED) is 0.593. The third kappa shape index (κ3) is 17.2. The van der Waals surface area contributed by atoms with Crippen molar-refractivity contribution >= 4 is 24.8 Å². The number of hydrogen-bond acceptors (Lipinski definition) is 1. The minimum absolute atomic E-state index is 0. The average Bonchev–Trinajstić information content (AvgIpc) is 2.14. The van der Waals surface area contributed by atoms with Gasteiger partial charge in [-0.15, -0.1) is 24.8 Å². The first-order valence-corrected chi connectivity index (χ1v) is 5.99. The van der Waals surface area contributed by atoms with Crippen LogP contribution in [0.15, 0.2) is 0 Å². The molecule has 0 rings (SSSR count). The molecule has 1 N–H and O–H groups in total. The van der Waals surface area contributed by atoms with Crippen LogP contribution in [0, 0.1) is 0 Å². The van der Waals surface area contributed by atoms with Crippen LogP contribution in [0.5, 0.6) is 0 Å². The Balaban J connectivity index is -0.000000720. The van der Waals surface area contributed by atoms with E-state index in [0.717, 1.165) is 12.8 Å². The van der Waals surface area contributed by atoms with E-state index in [1.807, 2.05) is 0 Å². The molecule has 0 aliphatic rings. The SMILES string of the molecule is CCCCCCCC(O)CCCC.Cl.Cl. The molecule has 0 aliphatic heterocycles. The van der Waals surface area contributed by atoms with Gasteiger partial charge >= 0.3 is 0 Å². The maximum atomic E-state index is 9.54. The van der Waals surface area contributed by atoms with Gasteiger partial charge in [-0.05, 0) is 12.8 Å². The summed E-state index contributed by atoms with van der Waals surface area (Å²) in [5, 5.41) is 9.54. The molecule has 0 fully saturated rings. The highest BCUT2D eigenvalue weighted by atomic mass is 35.5. The molecule has 0 radical (unpaired) electrons. The predicted octanol–water partition coefficient (Wildman–Crippen LogP) is 4.74. The van der Waals surface area contributed by atoms with Crippen molar-refractivity contribution in [2.45, 2.75) is 77.7 Å². The largest absolute Gasteiger partial charge is 0.393 e. The van der Waals surface area contributed by atoms with Gasteiger partial charge in [0.25, 0.3) is 0 Å². The van der Waals surface area contributed by atoms with Gasteiger partial charge in [0.05, 0.1) is 6.10 Å². The molecule has 0 bridgehead atoms. The highest BCUT2D eigenvalue weighted by Gasteiger charge is 2.01. The second-order valence-electron chi connectivity index (χ2n) is 4.00. The van der Waals surface area contributed by atoms with Gasteiger partial charge in [0.1, 0.15) is 0 Å². The summed E-state index contributed by atoms with van der Waals surface area (Å²) in [6, 6.07) is 0. The fourth-order valence-corrected chi connectivity index (χ4v) is 1.57. The number of hydrogen-bond donors (Lipinski definition) is 1. The summed E-state index contributed by atoms with van der Waals surface area (Å²) in [7, 11) is 0. The van der Waals surface area contributed by atoms with Crippen LogP contribution in [0.25, 0.3) is 0 Å². The molecular formula is C12H28Cl2O. The summed E-state index contributed by atoms with van der Waals surface area (Å²) in [5.41, 5.74) is 0. The first-order valence-electron chi connectivity index (χ1n) is 5.99. The van der Waals surface area contributed by atoms with Gasteiger partial charge in [0, 0.05) is 0 Å². The third-order valence-corrected chi connectivity index (χ3v) is 2.53. The van der Waals surface area contributed by atoms with Crippen molar-refractivity contribution < 1.29 is 5.11 Å². The fraction of sp³-hybridized carbons (Fsp3) is 1.00. The molecule has 96 valence electrons. The molecule has 0 saturated carbocycles. The lowest BCUT2D eigenvalue weighted by molar-refractivity contribution is 0.148. The zero-order valence-corrected chi connectivity index (χ0v) is 11.8. The first-order chi connectivity index (χ1) is 6.31. The van der Waals surface area contributed by atoms with E-state index in [0.29, 0.717) is 0 Å². The minimum atomic E-state index is -0.0263. The van der Waals surface area contributed by atoms with Gasteiger partial charge in [0.15, 0.2) is 0 Å². The zero-order chi connectivity index (χ0) is 9.94. The van der Waals surface area contributed by atoms with Gasteiger partial charge < -0.3 is 5.11 Å². The summed E-state index contributed by atoms with van der Waals surface area (Å²) in [4.78, 5) is 0. The van der Waals surface area contributed by atoms with E-state index >= 15 is 0 Å². The number of aliphatic hydroxyl groups excluding tert-OH is 1. The molecule has 0 spiro atoms. The van der Waals surface area contributed by atoms with E-state index in [4.69, 9.17) is 0 Å². The van der Waals surface area contributed by atoms with Crippen LogP contribution in [0.1, 0.15) is 71.6 Å². The second-order valence-corrected chi connectivity index (χ2v) is 4.00. The Morgan fingerprint density at radius 2 is 1.20 bits per heavy atom. The second kappa shape index (κ2) is 17.0. The lowest BCUT2D eigenvalue weighted by Crippen LogP contribution is -2.05. The smallest absolute Gasteiger partial charge is 0.0540 e. The Bertz CT molecular complexity index is 99.6. The van der Waals surface area contributed by atoms with Gasteiger partial charge in [-0.1, -0.05) is 58.8 Å². The average molecular weight is 259 g/mol.